The van der Waals surface area contributed by atoms with Gasteiger partial charge in [0.1, 0.15) is 0 Å². The van der Waals surface area contributed by atoms with Crippen molar-refractivity contribution < 1.29 is 8.42 Å². The molecule has 0 saturated carbocycles. The lowest BCUT2D eigenvalue weighted by atomic mass is 9.99. The molecule has 0 fully saturated rings. The smallest absolute Gasteiger partial charge is 0.207 e. The minimum Gasteiger partial charge on any atom is -0.207 e. The van der Waals surface area contributed by atoms with E-state index < -0.39 is 15.6 Å². The highest BCUT2D eigenvalue weighted by atomic mass is 32.2. The molecule has 0 spiro atoms. The summed E-state index contributed by atoms with van der Waals surface area (Å²) in [6.45, 7) is 10.0. The lowest BCUT2D eigenvalue weighted by Crippen LogP contribution is -2.42. The molecule has 0 aromatic heterocycles. The predicted octanol–water partition coefficient (Wildman–Crippen LogP) is 3.67. The van der Waals surface area contributed by atoms with Gasteiger partial charge in [-0.2, -0.15) is 0 Å². The summed E-state index contributed by atoms with van der Waals surface area (Å²) in [5.41, 5.74) is 0.755. The summed E-state index contributed by atoms with van der Waals surface area (Å²) in [6.07, 6.45) is 1.80. The summed E-state index contributed by atoms with van der Waals surface area (Å²) in [5.74, 6) is 0.455. The minimum atomic E-state index is -3.43. The first-order valence-electron chi connectivity index (χ1n) is 6.85. The number of hydrogen-bond acceptors (Lipinski definition) is 2. The van der Waals surface area contributed by atoms with Crippen LogP contribution in [-0.4, -0.2) is 14.0 Å². The van der Waals surface area contributed by atoms with E-state index >= 15 is 0 Å². The maximum Gasteiger partial charge on any atom is 0.241 e. The van der Waals surface area contributed by atoms with Gasteiger partial charge < -0.3 is 0 Å². The van der Waals surface area contributed by atoms with Crippen molar-refractivity contribution in [3.05, 3.63) is 29.8 Å². The van der Waals surface area contributed by atoms with Crippen molar-refractivity contribution in [1.82, 2.24) is 4.72 Å². The van der Waals surface area contributed by atoms with Crippen molar-refractivity contribution in [1.29, 1.82) is 0 Å². The van der Waals surface area contributed by atoms with E-state index in [9.17, 15) is 8.42 Å². The molecule has 0 aliphatic rings. The SMILES string of the molecule is CC[C@@H](C)c1ccc(S(=O)(=O)NC(C)(C)CC)cc1. The normalized spacial score (nSPS) is 14.4. The highest BCUT2D eigenvalue weighted by Gasteiger charge is 2.24. The minimum absolute atomic E-state index is 0.334. The molecule has 0 unspecified atom stereocenters. The van der Waals surface area contributed by atoms with Gasteiger partial charge in [-0.1, -0.05) is 32.9 Å². The first-order chi connectivity index (χ1) is 8.72. The zero-order valence-electron chi connectivity index (χ0n) is 12.5. The second-order valence-electron chi connectivity index (χ2n) is 5.72. The van der Waals surface area contributed by atoms with Gasteiger partial charge in [-0.3, -0.25) is 0 Å². The van der Waals surface area contributed by atoms with Crippen LogP contribution in [0, 0.1) is 0 Å². The monoisotopic (exact) mass is 283 g/mol. The summed E-state index contributed by atoms with van der Waals surface area (Å²) in [7, 11) is -3.43. The molecule has 1 aromatic rings. The van der Waals surface area contributed by atoms with Gasteiger partial charge in [-0.05, 0) is 50.3 Å². The maximum absolute atomic E-state index is 12.2. The number of benzene rings is 1. The Balaban J connectivity index is 2.97. The van der Waals surface area contributed by atoms with E-state index in [1.807, 2.05) is 32.9 Å². The molecule has 1 N–H and O–H groups in total. The molecular formula is C15H25NO2S. The first kappa shape index (κ1) is 16.2. The van der Waals surface area contributed by atoms with Gasteiger partial charge in [0.15, 0.2) is 0 Å². The Bertz CT molecular complexity index is 503. The molecule has 108 valence electrons. The Labute approximate surface area is 117 Å². The molecular weight excluding hydrogens is 258 g/mol. The molecule has 3 nitrogen and oxygen atoms in total. The van der Waals surface area contributed by atoms with Crippen molar-refractivity contribution in [2.75, 3.05) is 0 Å². The highest BCUT2D eigenvalue weighted by Crippen LogP contribution is 2.21. The molecule has 0 aliphatic heterocycles. The average Bonchev–Trinajstić information content (AvgIpc) is 2.37. The Kier molecular flexibility index (Phi) is 5.16. The Morgan fingerprint density at radius 3 is 2.11 bits per heavy atom. The van der Waals surface area contributed by atoms with Crippen molar-refractivity contribution in [3.63, 3.8) is 0 Å². The lowest BCUT2D eigenvalue weighted by molar-refractivity contribution is 0.439. The van der Waals surface area contributed by atoms with Crippen LogP contribution in [0.2, 0.25) is 0 Å². The van der Waals surface area contributed by atoms with E-state index in [4.69, 9.17) is 0 Å². The molecule has 1 atom stereocenters. The average molecular weight is 283 g/mol. The van der Waals surface area contributed by atoms with E-state index in [2.05, 4.69) is 18.6 Å². The van der Waals surface area contributed by atoms with Crippen LogP contribution in [-0.2, 0) is 10.0 Å². The van der Waals surface area contributed by atoms with E-state index in [1.54, 1.807) is 12.1 Å². The molecule has 0 bridgehead atoms. The standard InChI is InChI=1S/C15H25NO2S/c1-6-12(3)13-8-10-14(11-9-13)19(17,18)16-15(4,5)7-2/h8-12,16H,6-7H2,1-5H3/t12-/m1/s1. The van der Waals surface area contributed by atoms with E-state index in [0.717, 1.165) is 12.8 Å². The molecule has 19 heavy (non-hydrogen) atoms. The fourth-order valence-corrected chi connectivity index (χ4v) is 3.19. The van der Waals surface area contributed by atoms with Crippen LogP contribution in [0.5, 0.6) is 0 Å². The number of rotatable bonds is 6. The van der Waals surface area contributed by atoms with E-state index in [-0.39, 0.29) is 0 Å². The van der Waals surface area contributed by atoms with Crippen molar-refractivity contribution >= 4 is 10.0 Å². The first-order valence-corrected chi connectivity index (χ1v) is 8.34. The molecule has 0 amide bonds. The fourth-order valence-electron chi connectivity index (χ4n) is 1.71. The number of hydrogen-bond donors (Lipinski definition) is 1. The maximum atomic E-state index is 12.2. The molecule has 0 heterocycles. The van der Waals surface area contributed by atoms with E-state index in [0.29, 0.717) is 10.8 Å². The van der Waals surface area contributed by atoms with E-state index in [1.165, 1.54) is 5.56 Å². The Hall–Kier alpha value is -0.870. The van der Waals surface area contributed by atoms with Crippen LogP contribution in [0.3, 0.4) is 0 Å². The highest BCUT2D eigenvalue weighted by molar-refractivity contribution is 7.89. The van der Waals surface area contributed by atoms with Crippen LogP contribution in [0.4, 0.5) is 0 Å². The third kappa shape index (κ3) is 4.32. The quantitative estimate of drug-likeness (QED) is 0.866. The zero-order valence-corrected chi connectivity index (χ0v) is 13.3. The van der Waals surface area contributed by atoms with Crippen molar-refractivity contribution in [2.24, 2.45) is 0 Å². The largest absolute Gasteiger partial charge is 0.241 e. The second kappa shape index (κ2) is 6.06. The molecule has 0 aliphatic carbocycles. The lowest BCUT2D eigenvalue weighted by Gasteiger charge is -2.24. The van der Waals surface area contributed by atoms with Gasteiger partial charge >= 0.3 is 0 Å². The van der Waals surface area contributed by atoms with Crippen LogP contribution in [0.1, 0.15) is 58.9 Å². The summed E-state index contributed by atoms with van der Waals surface area (Å²) in [5, 5.41) is 0. The predicted molar refractivity (Wildman–Crippen MR) is 79.8 cm³/mol. The van der Waals surface area contributed by atoms with Crippen LogP contribution in [0.25, 0.3) is 0 Å². The van der Waals surface area contributed by atoms with Crippen molar-refractivity contribution in [3.8, 4) is 0 Å². The third-order valence-corrected chi connectivity index (χ3v) is 5.38. The second-order valence-corrected chi connectivity index (χ2v) is 7.40. The van der Waals surface area contributed by atoms with Gasteiger partial charge in [-0.15, -0.1) is 0 Å². The van der Waals surface area contributed by atoms with Gasteiger partial charge in [0, 0.05) is 5.54 Å². The Morgan fingerprint density at radius 1 is 1.16 bits per heavy atom. The summed E-state index contributed by atoms with van der Waals surface area (Å²) in [4.78, 5) is 0.334. The van der Waals surface area contributed by atoms with Crippen LogP contribution >= 0.6 is 0 Å². The summed E-state index contributed by atoms with van der Waals surface area (Å²) in [6, 6.07) is 7.19. The van der Waals surface area contributed by atoms with Gasteiger partial charge in [0.25, 0.3) is 0 Å². The van der Waals surface area contributed by atoms with Crippen LogP contribution < -0.4 is 4.72 Å². The number of sulfonamides is 1. The van der Waals surface area contributed by atoms with Gasteiger partial charge in [0.05, 0.1) is 4.90 Å². The molecule has 1 aromatic carbocycles. The molecule has 4 heteroatoms. The molecule has 0 radical (unpaired) electrons. The van der Waals surface area contributed by atoms with Gasteiger partial charge in [0.2, 0.25) is 10.0 Å². The molecule has 1 rings (SSSR count). The fraction of sp³-hybridized carbons (Fsp3) is 0.600. The third-order valence-electron chi connectivity index (χ3n) is 3.67. The van der Waals surface area contributed by atoms with Gasteiger partial charge in [-0.25, -0.2) is 13.1 Å². The van der Waals surface area contributed by atoms with Crippen LogP contribution in [0.15, 0.2) is 29.2 Å². The number of nitrogens with one attached hydrogen (secondary N) is 1. The topological polar surface area (TPSA) is 46.2 Å². The Morgan fingerprint density at radius 2 is 1.68 bits per heavy atom. The molecule has 0 saturated heterocycles. The summed E-state index contributed by atoms with van der Waals surface area (Å²) >= 11 is 0. The van der Waals surface area contributed by atoms with Crippen molar-refractivity contribution in [2.45, 2.75) is 63.8 Å². The summed E-state index contributed by atoms with van der Waals surface area (Å²) < 4.78 is 27.2. The zero-order chi connectivity index (χ0) is 14.7.